The lowest BCUT2D eigenvalue weighted by Gasteiger charge is -2.09. The van der Waals surface area contributed by atoms with Crippen LogP contribution in [0.2, 0.25) is 0 Å². The fraction of sp³-hybridized carbons (Fsp3) is 0.222. The Morgan fingerprint density at radius 1 is 1.53 bits per heavy atom. The molecule has 6 nitrogen and oxygen atoms in total. The van der Waals surface area contributed by atoms with Gasteiger partial charge in [-0.25, -0.2) is 0 Å². The number of hydrogen-bond acceptors (Lipinski definition) is 4. The third-order valence-corrected chi connectivity index (χ3v) is 2.17. The zero-order valence-electron chi connectivity index (χ0n) is 8.14. The highest BCUT2D eigenvalue weighted by molar-refractivity contribution is 5.83. The van der Waals surface area contributed by atoms with Gasteiger partial charge in [0.2, 0.25) is 5.91 Å². The van der Waals surface area contributed by atoms with Crippen molar-refractivity contribution in [2.45, 2.75) is 12.8 Å². The van der Waals surface area contributed by atoms with Crippen LogP contribution in [0.4, 0.5) is 11.4 Å². The number of nitro groups is 1. The predicted octanol–water partition coefficient (Wildman–Crippen LogP) is 0.766. The minimum atomic E-state index is -0.550. The van der Waals surface area contributed by atoms with E-state index in [1.165, 1.54) is 18.2 Å². The number of carbonyl (C=O) groups excluding carboxylic acids is 1. The van der Waals surface area contributed by atoms with Crippen LogP contribution in [0.3, 0.4) is 0 Å². The third kappa shape index (κ3) is 2.22. The van der Waals surface area contributed by atoms with E-state index in [1.807, 2.05) is 0 Å². The summed E-state index contributed by atoms with van der Waals surface area (Å²) in [6.07, 6.45) is 0. The van der Waals surface area contributed by atoms with Crippen molar-refractivity contribution in [2.24, 2.45) is 5.73 Å². The molecule has 1 amide bonds. The van der Waals surface area contributed by atoms with Crippen molar-refractivity contribution in [3.63, 3.8) is 0 Å². The molecule has 1 rings (SSSR count). The number of nitrogen functional groups attached to an aromatic ring is 1. The second-order valence-electron chi connectivity index (χ2n) is 3.19. The summed E-state index contributed by atoms with van der Waals surface area (Å²) in [5.74, 6) is -1.07. The minimum absolute atomic E-state index is 0.104. The van der Waals surface area contributed by atoms with Gasteiger partial charge in [-0.2, -0.15) is 0 Å². The molecule has 15 heavy (non-hydrogen) atoms. The number of benzene rings is 1. The lowest BCUT2D eigenvalue weighted by atomic mass is 9.98. The third-order valence-electron chi connectivity index (χ3n) is 2.17. The van der Waals surface area contributed by atoms with Gasteiger partial charge in [-0.05, 0) is 18.6 Å². The Hall–Kier alpha value is -2.11. The van der Waals surface area contributed by atoms with Crippen molar-refractivity contribution in [3.05, 3.63) is 33.9 Å². The van der Waals surface area contributed by atoms with Crippen LogP contribution >= 0.6 is 0 Å². The fourth-order valence-electron chi connectivity index (χ4n) is 1.22. The van der Waals surface area contributed by atoms with Gasteiger partial charge in [0.1, 0.15) is 0 Å². The van der Waals surface area contributed by atoms with E-state index in [0.29, 0.717) is 5.56 Å². The van der Waals surface area contributed by atoms with Crippen LogP contribution in [0.1, 0.15) is 18.4 Å². The number of carbonyl (C=O) groups is 1. The summed E-state index contributed by atoms with van der Waals surface area (Å²) >= 11 is 0. The Morgan fingerprint density at radius 3 is 2.53 bits per heavy atom. The summed E-state index contributed by atoms with van der Waals surface area (Å²) in [5, 5.41) is 10.4. The Kier molecular flexibility index (Phi) is 2.89. The topological polar surface area (TPSA) is 112 Å². The molecule has 0 aliphatic heterocycles. The van der Waals surface area contributed by atoms with Crippen LogP contribution in [0, 0.1) is 10.1 Å². The fourth-order valence-corrected chi connectivity index (χ4v) is 1.22. The van der Waals surface area contributed by atoms with Gasteiger partial charge in [-0.15, -0.1) is 0 Å². The molecule has 0 aliphatic carbocycles. The van der Waals surface area contributed by atoms with E-state index in [4.69, 9.17) is 11.5 Å². The van der Waals surface area contributed by atoms with Crippen LogP contribution in [0.15, 0.2) is 18.2 Å². The van der Waals surface area contributed by atoms with E-state index in [1.54, 1.807) is 6.92 Å². The first-order valence-electron chi connectivity index (χ1n) is 4.26. The molecule has 0 aliphatic rings. The molecule has 1 aromatic carbocycles. The summed E-state index contributed by atoms with van der Waals surface area (Å²) in [6, 6.07) is 3.96. The van der Waals surface area contributed by atoms with E-state index >= 15 is 0 Å². The van der Waals surface area contributed by atoms with Crippen molar-refractivity contribution >= 4 is 17.3 Å². The smallest absolute Gasteiger partial charge is 0.271 e. The highest BCUT2D eigenvalue weighted by Crippen LogP contribution is 2.25. The van der Waals surface area contributed by atoms with Crippen molar-refractivity contribution < 1.29 is 9.72 Å². The zero-order valence-corrected chi connectivity index (χ0v) is 8.14. The average molecular weight is 209 g/mol. The van der Waals surface area contributed by atoms with E-state index in [9.17, 15) is 14.9 Å². The normalized spacial score (nSPS) is 12.1. The lowest BCUT2D eigenvalue weighted by Crippen LogP contribution is -2.19. The molecule has 0 saturated heterocycles. The van der Waals surface area contributed by atoms with Crippen molar-refractivity contribution in [2.75, 3.05) is 5.73 Å². The number of non-ortho nitro benzene ring substituents is 1. The zero-order chi connectivity index (χ0) is 11.6. The van der Waals surface area contributed by atoms with Crippen LogP contribution in [0.5, 0.6) is 0 Å². The molecule has 0 saturated carbocycles. The molecule has 0 radical (unpaired) electrons. The van der Waals surface area contributed by atoms with Gasteiger partial charge in [-0.3, -0.25) is 14.9 Å². The molecule has 0 bridgehead atoms. The lowest BCUT2D eigenvalue weighted by molar-refractivity contribution is -0.384. The van der Waals surface area contributed by atoms with Gasteiger partial charge < -0.3 is 11.5 Å². The number of nitrogens with zero attached hydrogens (tertiary/aromatic N) is 1. The molecule has 0 aromatic heterocycles. The van der Waals surface area contributed by atoms with Crippen molar-refractivity contribution in [3.8, 4) is 0 Å². The van der Waals surface area contributed by atoms with Crippen LogP contribution < -0.4 is 11.5 Å². The summed E-state index contributed by atoms with van der Waals surface area (Å²) < 4.78 is 0. The average Bonchev–Trinajstić information content (AvgIpc) is 2.16. The highest BCUT2D eigenvalue weighted by Gasteiger charge is 2.16. The van der Waals surface area contributed by atoms with Gasteiger partial charge in [-0.1, -0.05) is 0 Å². The largest absolute Gasteiger partial charge is 0.398 e. The van der Waals surface area contributed by atoms with E-state index < -0.39 is 16.7 Å². The molecule has 0 heterocycles. The molecule has 1 atom stereocenters. The minimum Gasteiger partial charge on any atom is -0.398 e. The van der Waals surface area contributed by atoms with Crippen LogP contribution in [-0.2, 0) is 4.79 Å². The Balaban J connectivity index is 3.13. The maximum atomic E-state index is 10.9. The van der Waals surface area contributed by atoms with E-state index in [2.05, 4.69) is 0 Å². The van der Waals surface area contributed by atoms with Gasteiger partial charge >= 0.3 is 0 Å². The molecule has 0 spiro atoms. The first-order chi connectivity index (χ1) is 6.93. The number of rotatable bonds is 3. The van der Waals surface area contributed by atoms with Crippen molar-refractivity contribution in [1.29, 1.82) is 0 Å². The molecule has 4 N–H and O–H groups in total. The monoisotopic (exact) mass is 209 g/mol. The molecular weight excluding hydrogens is 198 g/mol. The Bertz CT molecular complexity index is 417. The maximum absolute atomic E-state index is 10.9. The second kappa shape index (κ2) is 3.95. The number of primary amides is 1. The number of amides is 1. The molecule has 1 unspecified atom stereocenters. The summed E-state index contributed by atoms with van der Waals surface area (Å²) in [6.45, 7) is 1.60. The first-order valence-corrected chi connectivity index (χ1v) is 4.26. The number of nitrogens with two attached hydrogens (primary N) is 2. The molecule has 80 valence electrons. The standard InChI is InChI=1S/C9H11N3O3/c1-5(9(11)13)7-3-2-6(12(14)15)4-8(7)10/h2-5H,10H2,1H3,(H2,11,13). The second-order valence-corrected chi connectivity index (χ2v) is 3.19. The molecule has 0 fully saturated rings. The Labute approximate surface area is 86.0 Å². The van der Waals surface area contributed by atoms with Crippen molar-refractivity contribution in [1.82, 2.24) is 0 Å². The quantitative estimate of drug-likeness (QED) is 0.434. The van der Waals surface area contributed by atoms with Gasteiger partial charge in [0.25, 0.3) is 5.69 Å². The van der Waals surface area contributed by atoms with Crippen LogP contribution in [0.25, 0.3) is 0 Å². The SMILES string of the molecule is CC(C(N)=O)c1ccc([N+](=O)[O-])cc1N. The molecule has 6 heteroatoms. The maximum Gasteiger partial charge on any atom is 0.271 e. The first kappa shape index (κ1) is 11.0. The number of hydrogen-bond donors (Lipinski definition) is 2. The number of anilines is 1. The van der Waals surface area contributed by atoms with Gasteiger partial charge in [0, 0.05) is 17.8 Å². The van der Waals surface area contributed by atoms with Gasteiger partial charge in [0.05, 0.1) is 10.8 Å². The Morgan fingerprint density at radius 2 is 2.13 bits per heavy atom. The van der Waals surface area contributed by atoms with E-state index in [0.717, 1.165) is 0 Å². The molecule has 1 aromatic rings. The van der Waals surface area contributed by atoms with Crippen LogP contribution in [-0.4, -0.2) is 10.8 Å². The highest BCUT2D eigenvalue weighted by atomic mass is 16.6. The summed E-state index contributed by atoms with van der Waals surface area (Å²) in [5.41, 5.74) is 11.3. The predicted molar refractivity (Wildman–Crippen MR) is 55.1 cm³/mol. The van der Waals surface area contributed by atoms with Gasteiger partial charge in [0.15, 0.2) is 0 Å². The summed E-state index contributed by atoms with van der Waals surface area (Å²) in [7, 11) is 0. The van der Waals surface area contributed by atoms with E-state index in [-0.39, 0.29) is 11.4 Å². The number of nitro benzene ring substituents is 1. The molecular formula is C9H11N3O3. The summed E-state index contributed by atoms with van der Waals surface area (Å²) in [4.78, 5) is 20.8.